The predicted octanol–water partition coefficient (Wildman–Crippen LogP) is 3.13. The third-order valence-electron chi connectivity index (χ3n) is 3.23. The lowest BCUT2D eigenvalue weighted by molar-refractivity contribution is -0.394. The van der Waals surface area contributed by atoms with Crippen molar-refractivity contribution in [3.05, 3.63) is 78.8 Å². The Bertz CT molecular complexity index is 795. The normalized spacial score (nSPS) is 10.2. The minimum atomic E-state index is -0.865. The molecule has 0 aliphatic rings. The quantitative estimate of drug-likeness (QED) is 0.635. The highest BCUT2D eigenvalue weighted by atomic mass is 35.5. The number of nitrogens with zero attached hydrogens (tertiary/aromatic N) is 2. The molecule has 124 valence electrons. The lowest BCUT2D eigenvalue weighted by atomic mass is 10.1. The molecule has 8 nitrogen and oxygen atoms in total. The standard InChI is InChI=1S/C15H12ClN3O5/c16-14-12(8-11(18(21)22)9-13(14)19(23)24)15(20)17-7-6-10-4-2-1-3-5-10/h1-5,8-9H,6-7H2,(H,17,20). The number of nitro groups is 2. The van der Waals surface area contributed by atoms with E-state index in [2.05, 4.69) is 5.32 Å². The maximum Gasteiger partial charge on any atom is 0.295 e. The summed E-state index contributed by atoms with van der Waals surface area (Å²) < 4.78 is 0. The first-order valence-corrected chi connectivity index (χ1v) is 7.22. The maximum absolute atomic E-state index is 12.2. The molecule has 0 saturated heterocycles. The SMILES string of the molecule is O=C(NCCc1ccccc1)c1cc([N+](=O)[O-])cc([N+](=O)[O-])c1Cl. The zero-order valence-corrected chi connectivity index (χ0v) is 13.0. The summed E-state index contributed by atoms with van der Waals surface area (Å²) in [7, 11) is 0. The summed E-state index contributed by atoms with van der Waals surface area (Å²) in [6.07, 6.45) is 0.543. The Balaban J connectivity index is 2.18. The lowest BCUT2D eigenvalue weighted by Crippen LogP contribution is -2.26. The Kier molecular flexibility index (Phi) is 5.43. The number of nitrogens with one attached hydrogen (secondary N) is 1. The van der Waals surface area contributed by atoms with Crippen LogP contribution in [0.15, 0.2) is 42.5 Å². The van der Waals surface area contributed by atoms with E-state index in [-0.39, 0.29) is 12.1 Å². The molecule has 0 aromatic heterocycles. The summed E-state index contributed by atoms with van der Waals surface area (Å²) in [4.78, 5) is 32.3. The van der Waals surface area contributed by atoms with Crippen LogP contribution in [0, 0.1) is 20.2 Å². The molecule has 0 bridgehead atoms. The number of amides is 1. The van der Waals surface area contributed by atoms with Gasteiger partial charge in [-0.05, 0) is 12.0 Å². The first-order valence-electron chi connectivity index (χ1n) is 6.84. The van der Waals surface area contributed by atoms with Crippen LogP contribution in [0.4, 0.5) is 11.4 Å². The monoisotopic (exact) mass is 349 g/mol. The molecule has 0 atom stereocenters. The van der Waals surface area contributed by atoms with Gasteiger partial charge in [0.05, 0.1) is 21.5 Å². The predicted molar refractivity (Wildman–Crippen MR) is 87.2 cm³/mol. The van der Waals surface area contributed by atoms with Crippen LogP contribution in [-0.2, 0) is 6.42 Å². The third-order valence-corrected chi connectivity index (χ3v) is 3.63. The number of carbonyl (C=O) groups is 1. The smallest absolute Gasteiger partial charge is 0.295 e. The van der Waals surface area contributed by atoms with Gasteiger partial charge < -0.3 is 5.32 Å². The van der Waals surface area contributed by atoms with E-state index >= 15 is 0 Å². The molecule has 24 heavy (non-hydrogen) atoms. The van der Waals surface area contributed by atoms with Crippen molar-refractivity contribution in [3.63, 3.8) is 0 Å². The van der Waals surface area contributed by atoms with Gasteiger partial charge in [0.2, 0.25) is 0 Å². The number of benzene rings is 2. The highest BCUT2D eigenvalue weighted by Gasteiger charge is 2.26. The summed E-state index contributed by atoms with van der Waals surface area (Å²) in [5.74, 6) is -0.706. The van der Waals surface area contributed by atoms with E-state index in [4.69, 9.17) is 11.6 Å². The van der Waals surface area contributed by atoms with Crippen LogP contribution < -0.4 is 5.32 Å². The van der Waals surface area contributed by atoms with E-state index in [9.17, 15) is 25.0 Å². The molecule has 0 fully saturated rings. The fraction of sp³-hybridized carbons (Fsp3) is 0.133. The van der Waals surface area contributed by atoms with E-state index in [0.29, 0.717) is 6.42 Å². The Labute approximate surface area is 141 Å². The third kappa shape index (κ3) is 4.05. The van der Waals surface area contributed by atoms with Crippen molar-refractivity contribution in [2.24, 2.45) is 0 Å². The molecule has 0 aliphatic heterocycles. The van der Waals surface area contributed by atoms with Crippen LogP contribution in [0.1, 0.15) is 15.9 Å². The number of nitro benzene ring substituents is 2. The van der Waals surface area contributed by atoms with Crippen molar-refractivity contribution in [3.8, 4) is 0 Å². The molecular weight excluding hydrogens is 338 g/mol. The van der Waals surface area contributed by atoms with Crippen LogP contribution in [0.25, 0.3) is 0 Å². The molecule has 2 aromatic carbocycles. The van der Waals surface area contributed by atoms with Crippen molar-refractivity contribution in [1.82, 2.24) is 5.32 Å². The lowest BCUT2D eigenvalue weighted by Gasteiger charge is -2.07. The molecule has 1 N–H and O–H groups in total. The Morgan fingerprint density at radius 2 is 1.75 bits per heavy atom. The van der Waals surface area contributed by atoms with Crippen LogP contribution >= 0.6 is 11.6 Å². The second-order valence-corrected chi connectivity index (χ2v) is 5.21. The Morgan fingerprint density at radius 3 is 2.33 bits per heavy atom. The minimum absolute atomic E-state index is 0.260. The average Bonchev–Trinajstić information content (AvgIpc) is 2.55. The van der Waals surface area contributed by atoms with Crippen LogP contribution in [0.2, 0.25) is 5.02 Å². The summed E-state index contributed by atoms with van der Waals surface area (Å²) in [6.45, 7) is 0.260. The first-order chi connectivity index (χ1) is 11.4. The number of hydrogen-bond acceptors (Lipinski definition) is 5. The first kappa shape index (κ1) is 17.4. The number of rotatable bonds is 6. The molecule has 0 saturated carbocycles. The topological polar surface area (TPSA) is 115 Å². The van der Waals surface area contributed by atoms with E-state index in [1.54, 1.807) is 0 Å². The van der Waals surface area contributed by atoms with Crippen LogP contribution in [0.3, 0.4) is 0 Å². The van der Waals surface area contributed by atoms with Gasteiger partial charge in [0.15, 0.2) is 0 Å². The van der Waals surface area contributed by atoms with Crippen molar-refractivity contribution in [2.45, 2.75) is 6.42 Å². The molecule has 0 unspecified atom stereocenters. The molecular formula is C15H12ClN3O5. The van der Waals surface area contributed by atoms with Crippen molar-refractivity contribution in [2.75, 3.05) is 6.54 Å². The van der Waals surface area contributed by atoms with Crippen molar-refractivity contribution >= 4 is 28.9 Å². The fourth-order valence-corrected chi connectivity index (χ4v) is 2.32. The number of hydrogen-bond donors (Lipinski definition) is 1. The van der Waals surface area contributed by atoms with Crippen molar-refractivity contribution < 1.29 is 14.6 Å². The van der Waals surface area contributed by atoms with Gasteiger partial charge in [0.1, 0.15) is 5.02 Å². The molecule has 0 aliphatic carbocycles. The summed E-state index contributed by atoms with van der Waals surface area (Å²) >= 11 is 5.85. The van der Waals surface area contributed by atoms with E-state index in [1.165, 1.54) is 0 Å². The van der Waals surface area contributed by atoms with Gasteiger partial charge in [-0.1, -0.05) is 41.9 Å². The van der Waals surface area contributed by atoms with Crippen molar-refractivity contribution in [1.29, 1.82) is 0 Å². The second-order valence-electron chi connectivity index (χ2n) is 4.83. The number of halogens is 1. The van der Waals surface area contributed by atoms with Gasteiger partial charge in [0.25, 0.3) is 17.3 Å². The molecule has 9 heteroatoms. The minimum Gasteiger partial charge on any atom is -0.352 e. The van der Waals surface area contributed by atoms with Gasteiger partial charge in [-0.25, -0.2) is 0 Å². The Morgan fingerprint density at radius 1 is 1.08 bits per heavy atom. The molecule has 0 spiro atoms. The second kappa shape index (κ2) is 7.51. The molecule has 0 heterocycles. The largest absolute Gasteiger partial charge is 0.352 e. The van der Waals surface area contributed by atoms with Gasteiger partial charge in [0, 0.05) is 12.6 Å². The number of non-ortho nitro benzene ring substituents is 1. The average molecular weight is 350 g/mol. The summed E-state index contributed by atoms with van der Waals surface area (Å²) in [5, 5.41) is 23.9. The maximum atomic E-state index is 12.2. The summed E-state index contributed by atoms with van der Waals surface area (Å²) in [6, 6.07) is 11.0. The van der Waals surface area contributed by atoms with E-state index in [1.807, 2.05) is 30.3 Å². The summed E-state index contributed by atoms with van der Waals surface area (Å²) in [5.41, 5.74) is -0.557. The molecule has 2 aromatic rings. The zero-order chi connectivity index (χ0) is 17.7. The fourth-order valence-electron chi connectivity index (χ4n) is 2.06. The Hall–Kier alpha value is -3.00. The van der Waals surface area contributed by atoms with Crippen LogP contribution in [0.5, 0.6) is 0 Å². The molecule has 1 amide bonds. The van der Waals surface area contributed by atoms with E-state index in [0.717, 1.165) is 17.7 Å². The van der Waals surface area contributed by atoms with Gasteiger partial charge >= 0.3 is 0 Å². The zero-order valence-electron chi connectivity index (χ0n) is 12.3. The molecule has 2 rings (SSSR count). The highest BCUT2D eigenvalue weighted by Crippen LogP contribution is 2.32. The van der Waals surface area contributed by atoms with Crippen LogP contribution in [-0.4, -0.2) is 22.3 Å². The number of carbonyl (C=O) groups excluding carboxylic acids is 1. The van der Waals surface area contributed by atoms with Gasteiger partial charge in [-0.2, -0.15) is 0 Å². The van der Waals surface area contributed by atoms with E-state index < -0.39 is 32.2 Å². The van der Waals surface area contributed by atoms with Gasteiger partial charge in [-0.3, -0.25) is 25.0 Å². The highest BCUT2D eigenvalue weighted by molar-refractivity contribution is 6.36. The molecule has 0 radical (unpaired) electrons. The van der Waals surface area contributed by atoms with Gasteiger partial charge in [-0.15, -0.1) is 0 Å².